The molecule has 0 saturated heterocycles. The lowest BCUT2D eigenvalue weighted by Crippen LogP contribution is -2.39. The van der Waals surface area contributed by atoms with Crippen molar-refractivity contribution < 1.29 is 9.90 Å². The fourth-order valence-electron chi connectivity index (χ4n) is 2.34. The van der Waals surface area contributed by atoms with Crippen LogP contribution in [0.15, 0.2) is 29.9 Å². The van der Waals surface area contributed by atoms with Crippen LogP contribution in [-0.4, -0.2) is 33.8 Å². The molecular weight excluding hydrogens is 300 g/mol. The number of hydrogen-bond donors (Lipinski definition) is 3. The van der Waals surface area contributed by atoms with Crippen molar-refractivity contribution in [3.05, 3.63) is 29.9 Å². The first-order valence-corrected chi connectivity index (χ1v) is 8.18. The standard InChI is InChI=1S/C15H18N4O2S/c20-7-5-12(10-3-4-10)17-14(21)19-15-18-13(9-22-15)11-2-1-6-16-8-11/h1-2,6,8-10,12,20H,3-5,7H2,(H2,17,18,19,21). The van der Waals surface area contributed by atoms with Gasteiger partial charge in [-0.3, -0.25) is 10.3 Å². The average molecular weight is 318 g/mol. The second-order valence-electron chi connectivity index (χ2n) is 5.33. The highest BCUT2D eigenvalue weighted by molar-refractivity contribution is 7.14. The summed E-state index contributed by atoms with van der Waals surface area (Å²) in [6.45, 7) is 0.0872. The third kappa shape index (κ3) is 3.80. The van der Waals surface area contributed by atoms with Crippen molar-refractivity contribution in [2.24, 2.45) is 5.92 Å². The molecule has 6 nitrogen and oxygen atoms in total. The summed E-state index contributed by atoms with van der Waals surface area (Å²) in [5.41, 5.74) is 1.71. The van der Waals surface area contributed by atoms with Crippen LogP contribution in [0.3, 0.4) is 0 Å². The molecule has 2 heterocycles. The largest absolute Gasteiger partial charge is 0.396 e. The molecule has 3 N–H and O–H groups in total. The van der Waals surface area contributed by atoms with Gasteiger partial charge in [-0.05, 0) is 37.3 Å². The van der Waals surface area contributed by atoms with E-state index < -0.39 is 0 Å². The molecule has 3 rings (SSSR count). The zero-order valence-electron chi connectivity index (χ0n) is 12.0. The minimum atomic E-state index is -0.266. The Labute approximate surface area is 132 Å². The molecular formula is C15H18N4O2S. The SMILES string of the molecule is O=C(Nc1nc(-c2cccnc2)cs1)NC(CCO)C1CC1. The fourth-order valence-corrected chi connectivity index (χ4v) is 3.06. The summed E-state index contributed by atoms with van der Waals surface area (Å²) in [6.07, 6.45) is 6.28. The zero-order chi connectivity index (χ0) is 15.4. The van der Waals surface area contributed by atoms with Crippen molar-refractivity contribution in [1.29, 1.82) is 0 Å². The van der Waals surface area contributed by atoms with Gasteiger partial charge in [0.05, 0.1) is 5.69 Å². The molecule has 7 heteroatoms. The number of urea groups is 1. The number of aliphatic hydroxyl groups is 1. The topological polar surface area (TPSA) is 87.1 Å². The van der Waals surface area contributed by atoms with Gasteiger partial charge in [-0.1, -0.05) is 0 Å². The number of aromatic nitrogens is 2. The number of thiazole rings is 1. The maximum Gasteiger partial charge on any atom is 0.321 e. The number of nitrogens with one attached hydrogen (secondary N) is 2. The molecule has 116 valence electrons. The number of nitrogens with zero attached hydrogens (tertiary/aromatic N) is 2. The predicted octanol–water partition coefficient (Wildman–Crippen LogP) is 2.49. The molecule has 1 fully saturated rings. The van der Waals surface area contributed by atoms with Crippen molar-refractivity contribution in [3.63, 3.8) is 0 Å². The number of hydrogen-bond acceptors (Lipinski definition) is 5. The Morgan fingerprint density at radius 2 is 2.36 bits per heavy atom. The number of carbonyl (C=O) groups is 1. The van der Waals surface area contributed by atoms with Crippen LogP contribution in [0.5, 0.6) is 0 Å². The maximum atomic E-state index is 12.0. The molecule has 1 aliphatic carbocycles. The Morgan fingerprint density at radius 1 is 1.50 bits per heavy atom. The van der Waals surface area contributed by atoms with Crippen LogP contribution in [0, 0.1) is 5.92 Å². The average Bonchev–Trinajstić information content (AvgIpc) is 3.28. The summed E-state index contributed by atoms with van der Waals surface area (Å²) >= 11 is 1.38. The second-order valence-corrected chi connectivity index (χ2v) is 6.19. The van der Waals surface area contributed by atoms with Crippen LogP contribution in [-0.2, 0) is 0 Å². The Bertz CT molecular complexity index is 627. The number of pyridine rings is 1. The van der Waals surface area contributed by atoms with E-state index in [1.54, 1.807) is 12.4 Å². The van der Waals surface area contributed by atoms with Gasteiger partial charge in [-0.25, -0.2) is 9.78 Å². The minimum Gasteiger partial charge on any atom is -0.396 e. The summed E-state index contributed by atoms with van der Waals surface area (Å²) in [4.78, 5) is 20.5. The Hall–Kier alpha value is -1.99. The van der Waals surface area contributed by atoms with E-state index in [-0.39, 0.29) is 18.7 Å². The highest BCUT2D eigenvalue weighted by Crippen LogP contribution is 2.34. The number of anilines is 1. The third-order valence-corrected chi connectivity index (χ3v) is 4.39. The van der Waals surface area contributed by atoms with E-state index in [2.05, 4.69) is 20.6 Å². The summed E-state index contributed by atoms with van der Waals surface area (Å²) in [5.74, 6) is 0.500. The lowest BCUT2D eigenvalue weighted by atomic mass is 10.1. The van der Waals surface area contributed by atoms with E-state index in [0.29, 0.717) is 17.5 Å². The van der Waals surface area contributed by atoms with Crippen LogP contribution in [0.2, 0.25) is 0 Å². The monoisotopic (exact) mass is 318 g/mol. The first-order chi connectivity index (χ1) is 10.8. The van der Waals surface area contributed by atoms with Crippen LogP contribution in [0.1, 0.15) is 19.3 Å². The van der Waals surface area contributed by atoms with E-state index in [9.17, 15) is 4.79 Å². The molecule has 2 aromatic heterocycles. The molecule has 1 saturated carbocycles. The molecule has 1 unspecified atom stereocenters. The van der Waals surface area contributed by atoms with Crippen molar-refractivity contribution in [3.8, 4) is 11.3 Å². The van der Waals surface area contributed by atoms with Crippen molar-refractivity contribution in [2.45, 2.75) is 25.3 Å². The van der Waals surface area contributed by atoms with Gasteiger partial charge >= 0.3 is 6.03 Å². The van der Waals surface area contributed by atoms with E-state index >= 15 is 0 Å². The maximum absolute atomic E-state index is 12.0. The van der Waals surface area contributed by atoms with Gasteiger partial charge in [-0.15, -0.1) is 11.3 Å². The van der Waals surface area contributed by atoms with Crippen LogP contribution in [0.25, 0.3) is 11.3 Å². The normalized spacial score (nSPS) is 15.3. The van der Waals surface area contributed by atoms with Gasteiger partial charge < -0.3 is 10.4 Å². The smallest absolute Gasteiger partial charge is 0.321 e. The Morgan fingerprint density at radius 3 is 3.05 bits per heavy atom. The summed E-state index contributed by atoms with van der Waals surface area (Å²) < 4.78 is 0. The van der Waals surface area contributed by atoms with Gasteiger partial charge in [-0.2, -0.15) is 0 Å². The Kier molecular flexibility index (Phi) is 4.65. The molecule has 22 heavy (non-hydrogen) atoms. The number of amides is 2. The van der Waals surface area contributed by atoms with E-state index in [0.717, 1.165) is 24.1 Å². The molecule has 0 aromatic carbocycles. The quantitative estimate of drug-likeness (QED) is 0.763. The lowest BCUT2D eigenvalue weighted by Gasteiger charge is -2.16. The molecule has 0 spiro atoms. The molecule has 2 aromatic rings. The van der Waals surface area contributed by atoms with Crippen LogP contribution >= 0.6 is 11.3 Å². The lowest BCUT2D eigenvalue weighted by molar-refractivity contribution is 0.234. The summed E-state index contributed by atoms with van der Waals surface area (Å²) in [5, 5.41) is 17.2. The van der Waals surface area contributed by atoms with Crippen LogP contribution < -0.4 is 10.6 Å². The highest BCUT2D eigenvalue weighted by Gasteiger charge is 2.31. The second kappa shape index (κ2) is 6.85. The van der Waals surface area contributed by atoms with Crippen molar-refractivity contribution in [2.75, 3.05) is 11.9 Å². The van der Waals surface area contributed by atoms with E-state index in [4.69, 9.17) is 5.11 Å². The molecule has 1 aliphatic rings. The van der Waals surface area contributed by atoms with Gasteiger partial charge in [0.25, 0.3) is 0 Å². The fraction of sp³-hybridized carbons (Fsp3) is 0.400. The first kappa shape index (κ1) is 14.9. The Balaban J connectivity index is 1.59. The first-order valence-electron chi connectivity index (χ1n) is 7.30. The molecule has 1 atom stereocenters. The van der Waals surface area contributed by atoms with E-state index in [1.165, 1.54) is 11.3 Å². The molecule has 0 aliphatic heterocycles. The van der Waals surface area contributed by atoms with Gasteiger partial charge in [0, 0.05) is 36.0 Å². The van der Waals surface area contributed by atoms with Crippen LogP contribution in [0.4, 0.5) is 9.93 Å². The summed E-state index contributed by atoms with van der Waals surface area (Å²) in [7, 11) is 0. The molecule has 2 amide bonds. The van der Waals surface area contributed by atoms with E-state index in [1.807, 2.05) is 17.5 Å². The van der Waals surface area contributed by atoms with Gasteiger partial charge in [0.1, 0.15) is 0 Å². The summed E-state index contributed by atoms with van der Waals surface area (Å²) in [6, 6.07) is 3.56. The van der Waals surface area contributed by atoms with Gasteiger partial charge in [0.2, 0.25) is 0 Å². The number of aliphatic hydroxyl groups excluding tert-OH is 1. The van der Waals surface area contributed by atoms with Crippen molar-refractivity contribution in [1.82, 2.24) is 15.3 Å². The van der Waals surface area contributed by atoms with Crippen molar-refractivity contribution >= 4 is 22.5 Å². The predicted molar refractivity (Wildman–Crippen MR) is 85.7 cm³/mol. The number of carbonyl (C=O) groups excluding carboxylic acids is 1. The molecule has 0 bridgehead atoms. The highest BCUT2D eigenvalue weighted by atomic mass is 32.1. The zero-order valence-corrected chi connectivity index (χ0v) is 12.8. The third-order valence-electron chi connectivity index (χ3n) is 3.63. The molecule has 0 radical (unpaired) electrons. The minimum absolute atomic E-state index is 0.0442. The van der Waals surface area contributed by atoms with Gasteiger partial charge in [0.15, 0.2) is 5.13 Å². The number of rotatable bonds is 6.